The Morgan fingerprint density at radius 2 is 2.19 bits per heavy atom. The average molecular weight is 223 g/mol. The molecule has 0 radical (unpaired) electrons. The molecular formula is C13H21NO2. The Morgan fingerprint density at radius 3 is 2.94 bits per heavy atom. The minimum absolute atomic E-state index is 0.197. The van der Waals surface area contributed by atoms with E-state index in [4.69, 9.17) is 4.42 Å². The third kappa shape index (κ3) is 2.86. The van der Waals surface area contributed by atoms with Crippen molar-refractivity contribution < 1.29 is 9.52 Å². The van der Waals surface area contributed by atoms with Crippen LogP contribution in [0.5, 0.6) is 0 Å². The summed E-state index contributed by atoms with van der Waals surface area (Å²) in [5.41, 5.74) is 1.15. The first-order valence-electron chi connectivity index (χ1n) is 6.23. The van der Waals surface area contributed by atoms with Gasteiger partial charge < -0.3 is 14.8 Å². The van der Waals surface area contributed by atoms with Crippen LogP contribution in [0.3, 0.4) is 0 Å². The lowest BCUT2D eigenvalue weighted by molar-refractivity contribution is 0.115. The lowest BCUT2D eigenvalue weighted by Gasteiger charge is -2.25. The number of aliphatic hydroxyl groups is 1. The lowest BCUT2D eigenvalue weighted by Crippen LogP contribution is -2.40. The number of hydrogen-bond donors (Lipinski definition) is 2. The second-order valence-electron chi connectivity index (χ2n) is 4.76. The van der Waals surface area contributed by atoms with Gasteiger partial charge in [0.25, 0.3) is 0 Å². The smallest absolute Gasteiger partial charge is 0.0950 e. The normalized spacial score (nSPS) is 28.6. The minimum Gasteiger partial charge on any atom is -0.472 e. The molecule has 1 aromatic rings. The fourth-order valence-corrected chi connectivity index (χ4v) is 2.42. The Balaban J connectivity index is 1.92. The van der Waals surface area contributed by atoms with Gasteiger partial charge in [-0.05, 0) is 25.8 Å². The number of furan rings is 1. The van der Waals surface area contributed by atoms with Crippen molar-refractivity contribution in [2.24, 2.45) is 0 Å². The minimum atomic E-state index is -0.197. The zero-order valence-corrected chi connectivity index (χ0v) is 9.86. The molecule has 0 aromatic carbocycles. The molecule has 3 atom stereocenters. The summed E-state index contributed by atoms with van der Waals surface area (Å²) in [5.74, 6) is 0. The quantitative estimate of drug-likeness (QED) is 0.774. The van der Waals surface area contributed by atoms with Crippen molar-refractivity contribution in [3.05, 3.63) is 24.2 Å². The number of nitrogens with one attached hydrogen (secondary N) is 1. The van der Waals surface area contributed by atoms with Crippen LogP contribution in [-0.2, 0) is 0 Å². The molecule has 1 aliphatic rings. The van der Waals surface area contributed by atoms with E-state index in [0.29, 0.717) is 0 Å². The van der Waals surface area contributed by atoms with Crippen molar-refractivity contribution >= 4 is 0 Å². The zero-order valence-electron chi connectivity index (χ0n) is 9.86. The Bertz CT molecular complexity index is 297. The van der Waals surface area contributed by atoms with Crippen molar-refractivity contribution in [2.75, 3.05) is 0 Å². The summed E-state index contributed by atoms with van der Waals surface area (Å²) in [5, 5.41) is 13.5. The maximum atomic E-state index is 10.0. The van der Waals surface area contributed by atoms with Crippen LogP contribution in [-0.4, -0.2) is 17.3 Å². The standard InChI is InChI=1S/C13H21NO2/c1-10(11-7-8-16-9-11)14-12-5-3-2-4-6-13(12)15/h7-10,12-15H,2-6H2,1H3. The summed E-state index contributed by atoms with van der Waals surface area (Å²) in [6, 6.07) is 2.45. The highest BCUT2D eigenvalue weighted by Gasteiger charge is 2.23. The number of aliphatic hydroxyl groups excluding tert-OH is 1. The van der Waals surface area contributed by atoms with Crippen LogP contribution in [0.15, 0.2) is 23.0 Å². The fraction of sp³-hybridized carbons (Fsp3) is 0.692. The summed E-state index contributed by atoms with van der Waals surface area (Å²) >= 11 is 0. The van der Waals surface area contributed by atoms with E-state index >= 15 is 0 Å². The fourth-order valence-electron chi connectivity index (χ4n) is 2.42. The Hall–Kier alpha value is -0.800. The maximum absolute atomic E-state index is 10.0. The van der Waals surface area contributed by atoms with Gasteiger partial charge in [-0.3, -0.25) is 0 Å². The highest BCUT2D eigenvalue weighted by atomic mass is 16.3. The van der Waals surface area contributed by atoms with Crippen LogP contribution in [0.1, 0.15) is 50.6 Å². The third-order valence-corrected chi connectivity index (χ3v) is 3.49. The summed E-state index contributed by atoms with van der Waals surface area (Å²) in [7, 11) is 0. The molecule has 0 saturated heterocycles. The highest BCUT2D eigenvalue weighted by molar-refractivity contribution is 5.10. The molecule has 1 aromatic heterocycles. The van der Waals surface area contributed by atoms with Gasteiger partial charge in [-0.1, -0.05) is 19.3 Å². The van der Waals surface area contributed by atoms with Gasteiger partial charge in [0.15, 0.2) is 0 Å². The van der Waals surface area contributed by atoms with Gasteiger partial charge in [0.1, 0.15) is 0 Å². The molecule has 3 nitrogen and oxygen atoms in total. The maximum Gasteiger partial charge on any atom is 0.0950 e. The molecule has 90 valence electrons. The predicted molar refractivity (Wildman–Crippen MR) is 63.1 cm³/mol. The monoisotopic (exact) mass is 223 g/mol. The largest absolute Gasteiger partial charge is 0.472 e. The summed E-state index contributed by atoms with van der Waals surface area (Å²) in [6.07, 6.45) is 8.87. The SMILES string of the molecule is CC(NC1CCCCCC1O)c1ccoc1. The summed E-state index contributed by atoms with van der Waals surface area (Å²) in [6.45, 7) is 2.11. The van der Waals surface area contributed by atoms with Gasteiger partial charge in [-0.2, -0.15) is 0 Å². The van der Waals surface area contributed by atoms with E-state index in [9.17, 15) is 5.11 Å². The van der Waals surface area contributed by atoms with Gasteiger partial charge in [-0.15, -0.1) is 0 Å². The van der Waals surface area contributed by atoms with Crippen molar-refractivity contribution in [1.82, 2.24) is 5.32 Å². The summed E-state index contributed by atoms with van der Waals surface area (Å²) < 4.78 is 5.07. The van der Waals surface area contributed by atoms with Crippen LogP contribution in [0.25, 0.3) is 0 Å². The lowest BCUT2D eigenvalue weighted by atomic mass is 10.0. The van der Waals surface area contributed by atoms with Crippen LogP contribution in [0.2, 0.25) is 0 Å². The van der Waals surface area contributed by atoms with Crippen molar-refractivity contribution in [1.29, 1.82) is 0 Å². The molecule has 3 unspecified atom stereocenters. The van der Waals surface area contributed by atoms with E-state index in [-0.39, 0.29) is 18.2 Å². The molecule has 1 heterocycles. The van der Waals surface area contributed by atoms with E-state index in [0.717, 1.165) is 24.8 Å². The van der Waals surface area contributed by atoms with Crippen molar-refractivity contribution in [3.8, 4) is 0 Å². The molecule has 1 aliphatic carbocycles. The molecule has 0 bridgehead atoms. The molecule has 2 N–H and O–H groups in total. The third-order valence-electron chi connectivity index (χ3n) is 3.49. The van der Waals surface area contributed by atoms with Gasteiger partial charge >= 0.3 is 0 Å². The number of hydrogen-bond acceptors (Lipinski definition) is 3. The van der Waals surface area contributed by atoms with Gasteiger partial charge in [0.2, 0.25) is 0 Å². The van der Waals surface area contributed by atoms with E-state index in [1.807, 2.05) is 6.07 Å². The Labute approximate surface area is 96.8 Å². The second-order valence-corrected chi connectivity index (χ2v) is 4.76. The van der Waals surface area contributed by atoms with E-state index < -0.39 is 0 Å². The Kier molecular flexibility index (Phi) is 4.02. The van der Waals surface area contributed by atoms with Crippen LogP contribution in [0, 0.1) is 0 Å². The van der Waals surface area contributed by atoms with Crippen molar-refractivity contribution in [3.63, 3.8) is 0 Å². The van der Waals surface area contributed by atoms with Crippen LogP contribution < -0.4 is 5.32 Å². The molecule has 0 spiro atoms. The van der Waals surface area contributed by atoms with Gasteiger partial charge in [0.05, 0.1) is 18.6 Å². The summed E-state index contributed by atoms with van der Waals surface area (Å²) in [4.78, 5) is 0. The number of rotatable bonds is 3. The van der Waals surface area contributed by atoms with Gasteiger partial charge in [0, 0.05) is 17.6 Å². The average Bonchev–Trinajstić information content (AvgIpc) is 2.73. The zero-order chi connectivity index (χ0) is 11.4. The molecule has 1 fully saturated rings. The second kappa shape index (κ2) is 5.51. The molecular weight excluding hydrogens is 202 g/mol. The highest BCUT2D eigenvalue weighted by Crippen LogP contribution is 2.21. The molecule has 16 heavy (non-hydrogen) atoms. The first-order valence-corrected chi connectivity index (χ1v) is 6.23. The van der Waals surface area contributed by atoms with E-state index in [1.165, 1.54) is 12.8 Å². The molecule has 3 heteroatoms. The molecule has 1 saturated carbocycles. The molecule has 0 aliphatic heterocycles. The first-order chi connectivity index (χ1) is 7.77. The first kappa shape index (κ1) is 11.7. The predicted octanol–water partition coefficient (Wildman–Crippen LogP) is 2.62. The molecule has 2 rings (SSSR count). The van der Waals surface area contributed by atoms with Crippen LogP contribution >= 0.6 is 0 Å². The van der Waals surface area contributed by atoms with E-state index in [2.05, 4.69) is 12.2 Å². The Morgan fingerprint density at radius 1 is 1.38 bits per heavy atom. The van der Waals surface area contributed by atoms with Crippen LogP contribution in [0.4, 0.5) is 0 Å². The van der Waals surface area contributed by atoms with Gasteiger partial charge in [-0.25, -0.2) is 0 Å². The van der Waals surface area contributed by atoms with E-state index in [1.54, 1.807) is 12.5 Å². The molecule has 0 amide bonds. The van der Waals surface area contributed by atoms with Crippen molar-refractivity contribution in [2.45, 2.75) is 57.2 Å². The topological polar surface area (TPSA) is 45.4 Å².